The van der Waals surface area contributed by atoms with Gasteiger partial charge in [-0.1, -0.05) is 6.92 Å². The topological polar surface area (TPSA) is 58.0 Å². The SMILES string of the molecule is CCSC1=CC=CNC1c1ccc(O)nn1. The molecule has 84 valence electrons. The number of thioether (sulfide) groups is 1. The summed E-state index contributed by atoms with van der Waals surface area (Å²) in [5.74, 6) is 0.965. The highest BCUT2D eigenvalue weighted by atomic mass is 32.2. The minimum Gasteiger partial charge on any atom is -0.492 e. The zero-order valence-electron chi connectivity index (χ0n) is 8.92. The molecule has 0 radical (unpaired) electrons. The van der Waals surface area contributed by atoms with E-state index in [1.807, 2.05) is 12.3 Å². The van der Waals surface area contributed by atoms with Crippen LogP contribution >= 0.6 is 11.8 Å². The van der Waals surface area contributed by atoms with Gasteiger partial charge >= 0.3 is 0 Å². The van der Waals surface area contributed by atoms with Gasteiger partial charge in [-0.25, -0.2) is 0 Å². The zero-order valence-corrected chi connectivity index (χ0v) is 9.74. The fourth-order valence-corrected chi connectivity index (χ4v) is 2.36. The lowest BCUT2D eigenvalue weighted by atomic mass is 10.1. The molecular formula is C11H13N3OS. The average molecular weight is 235 g/mol. The van der Waals surface area contributed by atoms with Crippen molar-refractivity contribution in [3.8, 4) is 5.88 Å². The first-order valence-electron chi connectivity index (χ1n) is 5.09. The Hall–Kier alpha value is -1.49. The van der Waals surface area contributed by atoms with E-state index in [4.69, 9.17) is 5.11 Å². The van der Waals surface area contributed by atoms with Gasteiger partial charge in [-0.2, -0.15) is 0 Å². The van der Waals surface area contributed by atoms with Crippen LogP contribution in [0, 0.1) is 0 Å². The third kappa shape index (κ3) is 2.36. The number of nitrogens with zero attached hydrogens (tertiary/aromatic N) is 2. The van der Waals surface area contributed by atoms with Gasteiger partial charge in [0.15, 0.2) is 0 Å². The van der Waals surface area contributed by atoms with Crippen molar-refractivity contribution < 1.29 is 5.11 Å². The molecule has 0 aliphatic carbocycles. The van der Waals surface area contributed by atoms with E-state index in [0.29, 0.717) is 0 Å². The third-order valence-corrected chi connectivity index (χ3v) is 3.18. The quantitative estimate of drug-likeness (QED) is 0.839. The summed E-state index contributed by atoms with van der Waals surface area (Å²) in [5, 5.41) is 20.0. The summed E-state index contributed by atoms with van der Waals surface area (Å²) < 4.78 is 0. The maximum absolute atomic E-state index is 9.10. The molecule has 1 unspecified atom stereocenters. The Morgan fingerprint density at radius 1 is 1.44 bits per heavy atom. The van der Waals surface area contributed by atoms with Crippen molar-refractivity contribution in [2.24, 2.45) is 0 Å². The van der Waals surface area contributed by atoms with Crippen molar-refractivity contribution in [3.05, 3.63) is 41.1 Å². The Morgan fingerprint density at radius 2 is 2.31 bits per heavy atom. The number of rotatable bonds is 3. The van der Waals surface area contributed by atoms with Gasteiger partial charge < -0.3 is 10.4 Å². The van der Waals surface area contributed by atoms with E-state index >= 15 is 0 Å². The van der Waals surface area contributed by atoms with Crippen molar-refractivity contribution in [2.45, 2.75) is 13.0 Å². The highest BCUT2D eigenvalue weighted by Gasteiger charge is 2.18. The molecule has 2 rings (SSSR count). The minimum absolute atomic E-state index is 0.0445. The van der Waals surface area contributed by atoms with Crippen molar-refractivity contribution in [1.29, 1.82) is 0 Å². The van der Waals surface area contributed by atoms with Crippen molar-refractivity contribution in [3.63, 3.8) is 0 Å². The lowest BCUT2D eigenvalue weighted by molar-refractivity contribution is 0.442. The second kappa shape index (κ2) is 5.03. The maximum Gasteiger partial charge on any atom is 0.230 e. The molecule has 0 saturated heterocycles. The fraction of sp³-hybridized carbons (Fsp3) is 0.273. The van der Waals surface area contributed by atoms with Crippen LogP contribution in [0.2, 0.25) is 0 Å². The molecular weight excluding hydrogens is 222 g/mol. The molecule has 1 aliphatic rings. The van der Waals surface area contributed by atoms with E-state index in [1.165, 1.54) is 4.91 Å². The van der Waals surface area contributed by atoms with E-state index in [9.17, 15) is 0 Å². The lowest BCUT2D eigenvalue weighted by Gasteiger charge is -2.21. The van der Waals surface area contributed by atoms with Crippen LogP contribution in [0.5, 0.6) is 5.88 Å². The van der Waals surface area contributed by atoms with Gasteiger partial charge in [-0.05, 0) is 30.2 Å². The molecule has 0 spiro atoms. The Balaban J connectivity index is 2.23. The van der Waals surface area contributed by atoms with Crippen LogP contribution in [-0.4, -0.2) is 21.1 Å². The third-order valence-electron chi connectivity index (χ3n) is 2.18. The van der Waals surface area contributed by atoms with Crippen LogP contribution in [0.25, 0.3) is 0 Å². The average Bonchev–Trinajstić information content (AvgIpc) is 2.32. The van der Waals surface area contributed by atoms with Crippen LogP contribution in [0.3, 0.4) is 0 Å². The number of aromatic hydroxyl groups is 1. The Kier molecular flexibility index (Phi) is 3.46. The maximum atomic E-state index is 9.10. The first kappa shape index (κ1) is 11.0. The number of nitrogens with one attached hydrogen (secondary N) is 1. The molecule has 1 aromatic heterocycles. The van der Waals surface area contributed by atoms with Crippen LogP contribution < -0.4 is 5.32 Å². The van der Waals surface area contributed by atoms with E-state index in [-0.39, 0.29) is 11.9 Å². The first-order chi connectivity index (χ1) is 7.81. The molecule has 2 heterocycles. The molecule has 1 aromatic rings. The number of hydrogen-bond donors (Lipinski definition) is 2. The monoisotopic (exact) mass is 235 g/mol. The van der Waals surface area contributed by atoms with Crippen LogP contribution in [-0.2, 0) is 0 Å². The van der Waals surface area contributed by atoms with Gasteiger partial charge in [0.25, 0.3) is 0 Å². The fourth-order valence-electron chi connectivity index (χ4n) is 1.49. The Morgan fingerprint density at radius 3 is 3.00 bits per heavy atom. The second-order valence-corrected chi connectivity index (χ2v) is 4.61. The number of dihydropyridines is 1. The summed E-state index contributed by atoms with van der Waals surface area (Å²) in [6.07, 6.45) is 5.94. The predicted molar refractivity (Wildman–Crippen MR) is 64.9 cm³/mol. The largest absolute Gasteiger partial charge is 0.492 e. The lowest BCUT2D eigenvalue weighted by Crippen LogP contribution is -2.20. The molecule has 1 aliphatic heterocycles. The molecule has 0 fully saturated rings. The molecule has 2 N–H and O–H groups in total. The molecule has 0 saturated carbocycles. The first-order valence-corrected chi connectivity index (χ1v) is 6.08. The smallest absolute Gasteiger partial charge is 0.230 e. The van der Waals surface area contributed by atoms with Crippen molar-refractivity contribution >= 4 is 11.8 Å². The normalized spacial score (nSPS) is 19.1. The van der Waals surface area contributed by atoms with Gasteiger partial charge in [0.05, 0.1) is 5.69 Å². The molecule has 0 amide bonds. The van der Waals surface area contributed by atoms with E-state index in [0.717, 1.165) is 11.4 Å². The van der Waals surface area contributed by atoms with E-state index in [2.05, 4.69) is 28.5 Å². The van der Waals surface area contributed by atoms with Gasteiger partial charge in [0.1, 0.15) is 6.04 Å². The summed E-state index contributed by atoms with van der Waals surface area (Å²) in [7, 11) is 0. The van der Waals surface area contributed by atoms with Gasteiger partial charge in [0, 0.05) is 11.0 Å². The van der Waals surface area contributed by atoms with Crippen LogP contribution in [0.15, 0.2) is 35.4 Å². The number of aromatic nitrogens is 2. The molecule has 0 aromatic carbocycles. The molecule has 4 nitrogen and oxygen atoms in total. The highest BCUT2D eigenvalue weighted by molar-refractivity contribution is 8.03. The van der Waals surface area contributed by atoms with Crippen molar-refractivity contribution in [1.82, 2.24) is 15.5 Å². The summed E-state index contributed by atoms with van der Waals surface area (Å²) in [5.41, 5.74) is 0.814. The van der Waals surface area contributed by atoms with Crippen LogP contribution in [0.4, 0.5) is 0 Å². The van der Waals surface area contributed by atoms with Gasteiger partial charge in [-0.3, -0.25) is 0 Å². The minimum atomic E-state index is -0.0521. The second-order valence-electron chi connectivity index (χ2n) is 3.28. The Labute approximate surface area is 98.5 Å². The molecule has 16 heavy (non-hydrogen) atoms. The van der Waals surface area contributed by atoms with E-state index in [1.54, 1.807) is 23.9 Å². The highest BCUT2D eigenvalue weighted by Crippen LogP contribution is 2.31. The standard InChI is InChI=1S/C11H13N3OS/c1-2-16-9-4-3-7-12-11(9)8-5-6-10(15)14-13-8/h3-7,11-12H,2H2,1H3,(H,14,15). The van der Waals surface area contributed by atoms with Crippen LogP contribution in [0.1, 0.15) is 18.7 Å². The summed E-state index contributed by atoms with van der Waals surface area (Å²) in [6.45, 7) is 2.11. The van der Waals surface area contributed by atoms with E-state index < -0.39 is 0 Å². The summed E-state index contributed by atoms with van der Waals surface area (Å²) in [6, 6.07) is 3.38. The molecule has 1 atom stereocenters. The summed E-state index contributed by atoms with van der Waals surface area (Å²) >= 11 is 1.78. The predicted octanol–water partition coefficient (Wildman–Crippen LogP) is 1.98. The van der Waals surface area contributed by atoms with Crippen molar-refractivity contribution in [2.75, 3.05) is 5.75 Å². The Bertz CT molecular complexity index is 414. The van der Waals surface area contributed by atoms with Gasteiger partial charge in [-0.15, -0.1) is 22.0 Å². The van der Waals surface area contributed by atoms with Gasteiger partial charge in [0.2, 0.25) is 5.88 Å². The molecule has 0 bridgehead atoms. The number of hydrogen-bond acceptors (Lipinski definition) is 5. The zero-order chi connectivity index (χ0) is 11.4. The summed E-state index contributed by atoms with van der Waals surface area (Å²) in [4.78, 5) is 1.21. The number of allylic oxidation sites excluding steroid dienone is 2. The molecule has 5 heteroatoms.